The molecule has 2 saturated heterocycles. The molecule has 2 rings (SSSR count). The minimum atomic E-state index is -2.01. The normalized spacial score (nSPS) is 36.4. The van der Waals surface area contributed by atoms with Crippen molar-refractivity contribution < 1.29 is 23.4 Å². The van der Waals surface area contributed by atoms with Crippen LogP contribution in [0.1, 0.15) is 34.6 Å². The zero-order valence-corrected chi connectivity index (χ0v) is 18.4. The van der Waals surface area contributed by atoms with Crippen molar-refractivity contribution in [2.24, 2.45) is 0 Å². The molecule has 0 N–H and O–H groups in total. The Labute approximate surface area is 155 Å². The Morgan fingerprint density at radius 1 is 1.21 bits per heavy atom. The van der Waals surface area contributed by atoms with Gasteiger partial charge in [0.05, 0.1) is 6.61 Å². The predicted octanol–water partition coefficient (Wildman–Crippen LogP) is 4.18. The summed E-state index contributed by atoms with van der Waals surface area (Å²) in [4.78, 5) is 0. The summed E-state index contributed by atoms with van der Waals surface area (Å²) in [5.74, 6) is -0.694. The molecule has 0 aromatic heterocycles. The molecular formula is C17H31BrO5Si. The van der Waals surface area contributed by atoms with Crippen LogP contribution in [-0.4, -0.2) is 50.3 Å². The summed E-state index contributed by atoms with van der Waals surface area (Å²) in [5.41, 5.74) is 0. The highest BCUT2D eigenvalue weighted by atomic mass is 79.9. The largest absolute Gasteiger partial charge is 0.390 e. The highest BCUT2D eigenvalue weighted by Crippen LogP contribution is 2.44. The maximum atomic E-state index is 6.48. The molecule has 0 aromatic carbocycles. The van der Waals surface area contributed by atoms with Gasteiger partial charge in [-0.05, 0) is 32.0 Å². The van der Waals surface area contributed by atoms with E-state index in [0.29, 0.717) is 6.61 Å². The molecular weight excluding hydrogens is 392 g/mol. The van der Waals surface area contributed by atoms with E-state index in [0.717, 1.165) is 0 Å². The average molecular weight is 423 g/mol. The molecule has 140 valence electrons. The number of rotatable bonds is 5. The van der Waals surface area contributed by atoms with Gasteiger partial charge in [0.2, 0.25) is 0 Å². The fraction of sp³-hybridized carbons (Fsp3) is 0.882. The van der Waals surface area contributed by atoms with Gasteiger partial charge in [-0.3, -0.25) is 0 Å². The zero-order chi connectivity index (χ0) is 18.3. The first-order valence-electron chi connectivity index (χ1n) is 8.43. The van der Waals surface area contributed by atoms with Crippen molar-refractivity contribution in [3.05, 3.63) is 12.7 Å². The van der Waals surface area contributed by atoms with Gasteiger partial charge in [-0.15, -0.1) is 6.58 Å². The zero-order valence-electron chi connectivity index (χ0n) is 15.8. The van der Waals surface area contributed by atoms with E-state index in [1.54, 1.807) is 6.08 Å². The smallest absolute Gasteiger partial charge is 0.195 e. The molecule has 2 fully saturated rings. The molecule has 0 saturated carbocycles. The highest BCUT2D eigenvalue weighted by molar-refractivity contribution is 9.09. The number of alkyl halides is 1. The monoisotopic (exact) mass is 422 g/mol. The SMILES string of the molecule is C=CCO[C@@H]1[C@H]2OC(C)(C)O[C@H]2[C@@H](O[Si](C)(C)C(C)(C)C)O[C@@H]1Br. The van der Waals surface area contributed by atoms with Crippen molar-refractivity contribution in [3.63, 3.8) is 0 Å². The Bertz CT molecular complexity index is 462. The van der Waals surface area contributed by atoms with Crippen LogP contribution in [0, 0.1) is 0 Å². The first kappa shape index (κ1) is 20.5. The van der Waals surface area contributed by atoms with Crippen molar-refractivity contribution in [2.75, 3.05) is 6.61 Å². The van der Waals surface area contributed by atoms with Crippen LogP contribution in [0.25, 0.3) is 0 Å². The molecule has 0 unspecified atom stereocenters. The van der Waals surface area contributed by atoms with Crippen LogP contribution in [0.4, 0.5) is 0 Å². The maximum absolute atomic E-state index is 6.48. The lowest BCUT2D eigenvalue weighted by atomic mass is 10.1. The Morgan fingerprint density at radius 2 is 1.79 bits per heavy atom. The van der Waals surface area contributed by atoms with Gasteiger partial charge in [-0.1, -0.05) is 42.8 Å². The molecule has 7 heteroatoms. The second-order valence-electron chi connectivity index (χ2n) is 8.39. The standard InChI is InChI=1S/C17H31BrO5Si/c1-9-10-19-12-11-13(22-17(5,6)21-11)15(20-14(12)18)23-24(7,8)16(2,3)4/h9,11-15H,1,10H2,2-8H3/t11-,12-,13-,14+,15-/m1/s1. The first-order chi connectivity index (χ1) is 10.9. The summed E-state index contributed by atoms with van der Waals surface area (Å²) >= 11 is 3.58. The Hall–Kier alpha value is 0.237. The van der Waals surface area contributed by atoms with Gasteiger partial charge < -0.3 is 23.4 Å². The molecule has 0 aromatic rings. The van der Waals surface area contributed by atoms with Crippen LogP contribution in [0.15, 0.2) is 12.7 Å². The third-order valence-electron chi connectivity index (χ3n) is 4.90. The van der Waals surface area contributed by atoms with Gasteiger partial charge in [0.15, 0.2) is 20.4 Å². The molecule has 0 aliphatic carbocycles. The quantitative estimate of drug-likeness (QED) is 0.377. The van der Waals surface area contributed by atoms with Crippen molar-refractivity contribution in [1.29, 1.82) is 0 Å². The van der Waals surface area contributed by atoms with Crippen LogP contribution in [-0.2, 0) is 23.4 Å². The third-order valence-corrected chi connectivity index (χ3v) is 10.1. The second kappa shape index (κ2) is 7.10. The van der Waals surface area contributed by atoms with Gasteiger partial charge in [0.25, 0.3) is 0 Å². The summed E-state index contributed by atoms with van der Waals surface area (Å²) in [6.45, 7) is 19.0. The second-order valence-corrected chi connectivity index (χ2v) is 14.0. The van der Waals surface area contributed by atoms with Gasteiger partial charge >= 0.3 is 0 Å². The molecule has 0 radical (unpaired) electrons. The van der Waals surface area contributed by atoms with E-state index in [4.69, 9.17) is 23.4 Å². The van der Waals surface area contributed by atoms with Gasteiger partial charge in [-0.2, -0.15) is 0 Å². The lowest BCUT2D eigenvalue weighted by Crippen LogP contribution is -2.59. The lowest BCUT2D eigenvalue weighted by Gasteiger charge is -2.45. The van der Waals surface area contributed by atoms with E-state index in [-0.39, 0.29) is 28.4 Å². The molecule has 2 heterocycles. The number of ether oxygens (including phenoxy) is 4. The average Bonchev–Trinajstić information content (AvgIpc) is 2.72. The molecule has 0 spiro atoms. The van der Waals surface area contributed by atoms with Crippen molar-refractivity contribution in [2.45, 2.75) is 88.2 Å². The van der Waals surface area contributed by atoms with E-state index in [1.165, 1.54) is 0 Å². The van der Waals surface area contributed by atoms with Crippen LogP contribution in [0.3, 0.4) is 0 Å². The third kappa shape index (κ3) is 4.31. The number of hydrogen-bond acceptors (Lipinski definition) is 5. The fourth-order valence-corrected chi connectivity index (χ4v) is 4.42. The Balaban J connectivity index is 2.21. The molecule has 2 aliphatic rings. The number of hydrogen-bond donors (Lipinski definition) is 0. The van der Waals surface area contributed by atoms with Crippen molar-refractivity contribution in [1.82, 2.24) is 0 Å². The van der Waals surface area contributed by atoms with E-state index in [1.807, 2.05) is 13.8 Å². The number of fused-ring (bicyclic) bond motifs is 1. The van der Waals surface area contributed by atoms with Crippen molar-refractivity contribution >= 4 is 24.2 Å². The summed E-state index contributed by atoms with van der Waals surface area (Å²) < 4.78 is 30.6. The number of halogens is 1. The van der Waals surface area contributed by atoms with Crippen LogP contribution >= 0.6 is 15.9 Å². The Morgan fingerprint density at radius 3 is 2.33 bits per heavy atom. The van der Waals surface area contributed by atoms with Crippen LogP contribution in [0.5, 0.6) is 0 Å². The Kier molecular flexibility index (Phi) is 6.08. The first-order valence-corrected chi connectivity index (χ1v) is 12.3. The minimum absolute atomic E-state index is 0.0822. The highest BCUT2D eigenvalue weighted by Gasteiger charge is 2.57. The topological polar surface area (TPSA) is 46.2 Å². The summed E-state index contributed by atoms with van der Waals surface area (Å²) in [7, 11) is -2.01. The lowest BCUT2D eigenvalue weighted by molar-refractivity contribution is -0.233. The van der Waals surface area contributed by atoms with Gasteiger partial charge in [0, 0.05) is 0 Å². The molecule has 5 nitrogen and oxygen atoms in total. The van der Waals surface area contributed by atoms with E-state index in [2.05, 4.69) is 56.4 Å². The molecule has 24 heavy (non-hydrogen) atoms. The summed E-state index contributed by atoms with van der Waals surface area (Å²) in [6, 6.07) is 0. The van der Waals surface area contributed by atoms with Gasteiger partial charge in [-0.25, -0.2) is 0 Å². The molecule has 0 amide bonds. The van der Waals surface area contributed by atoms with Crippen LogP contribution < -0.4 is 0 Å². The summed E-state index contributed by atoms with van der Waals surface area (Å²) in [6.07, 6.45) is 0.374. The van der Waals surface area contributed by atoms with Crippen molar-refractivity contribution in [3.8, 4) is 0 Å². The minimum Gasteiger partial charge on any atom is -0.390 e. The van der Waals surface area contributed by atoms with E-state index in [9.17, 15) is 0 Å². The molecule has 0 bridgehead atoms. The van der Waals surface area contributed by atoms with E-state index >= 15 is 0 Å². The molecule has 5 atom stereocenters. The van der Waals surface area contributed by atoms with E-state index < -0.39 is 20.4 Å². The fourth-order valence-electron chi connectivity index (χ4n) is 2.63. The van der Waals surface area contributed by atoms with Crippen LogP contribution in [0.2, 0.25) is 18.1 Å². The summed E-state index contributed by atoms with van der Waals surface area (Å²) in [5, 5.41) is -0.246. The maximum Gasteiger partial charge on any atom is 0.195 e. The predicted molar refractivity (Wildman–Crippen MR) is 99.6 cm³/mol. The molecule has 2 aliphatic heterocycles. The van der Waals surface area contributed by atoms with Gasteiger partial charge in [0.1, 0.15) is 23.3 Å².